The largest absolute Gasteiger partial charge is 0.489 e. The van der Waals surface area contributed by atoms with Crippen molar-refractivity contribution < 1.29 is 32.2 Å². The van der Waals surface area contributed by atoms with E-state index in [4.69, 9.17) is 9.47 Å². The molecule has 1 aliphatic rings. The Labute approximate surface area is 159 Å². The zero-order valence-corrected chi connectivity index (χ0v) is 15.2. The van der Waals surface area contributed by atoms with Crippen molar-refractivity contribution in [1.82, 2.24) is 4.90 Å². The third kappa shape index (κ3) is 3.87. The Kier molecular flexibility index (Phi) is 5.42. The van der Waals surface area contributed by atoms with Crippen molar-refractivity contribution in [3.8, 4) is 5.75 Å². The fraction of sp³-hybridized carbons (Fsp3) is 0.300. The molecule has 0 aromatic heterocycles. The second-order valence-electron chi connectivity index (χ2n) is 6.48. The summed E-state index contributed by atoms with van der Waals surface area (Å²) in [6.45, 7) is 1.97. The van der Waals surface area contributed by atoms with E-state index in [2.05, 4.69) is 0 Å². The number of alkyl halides is 3. The van der Waals surface area contributed by atoms with Gasteiger partial charge in [0.05, 0.1) is 29.3 Å². The first kappa shape index (κ1) is 19.9. The van der Waals surface area contributed by atoms with Crippen LogP contribution in [0.1, 0.15) is 38.8 Å². The van der Waals surface area contributed by atoms with Crippen molar-refractivity contribution in [3.63, 3.8) is 0 Å². The highest BCUT2D eigenvalue weighted by molar-refractivity contribution is 6.21. The van der Waals surface area contributed by atoms with Gasteiger partial charge < -0.3 is 9.47 Å². The summed E-state index contributed by atoms with van der Waals surface area (Å²) < 4.78 is 48.4. The van der Waals surface area contributed by atoms with Gasteiger partial charge in [-0.3, -0.25) is 14.5 Å². The summed E-state index contributed by atoms with van der Waals surface area (Å²) in [5.41, 5.74) is 0.335. The summed E-state index contributed by atoms with van der Waals surface area (Å²) in [7, 11) is 1.49. The monoisotopic (exact) mass is 393 g/mol. The molecule has 28 heavy (non-hydrogen) atoms. The number of benzene rings is 2. The van der Waals surface area contributed by atoms with E-state index in [-0.39, 0.29) is 30.2 Å². The molecule has 2 aromatic carbocycles. The molecule has 0 fully saturated rings. The van der Waals surface area contributed by atoms with Crippen LogP contribution in [0.3, 0.4) is 0 Å². The van der Waals surface area contributed by atoms with Crippen LogP contribution in [-0.4, -0.2) is 36.5 Å². The first-order valence-corrected chi connectivity index (χ1v) is 8.52. The summed E-state index contributed by atoms with van der Waals surface area (Å²) in [6.07, 6.45) is -4.39. The predicted molar refractivity (Wildman–Crippen MR) is 94.1 cm³/mol. The lowest BCUT2D eigenvalue weighted by molar-refractivity contribution is -0.137. The van der Waals surface area contributed by atoms with Gasteiger partial charge in [-0.25, -0.2) is 0 Å². The molecule has 3 rings (SSSR count). The van der Waals surface area contributed by atoms with Gasteiger partial charge in [-0.15, -0.1) is 0 Å². The summed E-state index contributed by atoms with van der Waals surface area (Å²) >= 11 is 0. The molecule has 0 aliphatic carbocycles. The summed E-state index contributed by atoms with van der Waals surface area (Å²) in [6, 6.07) is 8.76. The van der Waals surface area contributed by atoms with Gasteiger partial charge >= 0.3 is 6.18 Å². The van der Waals surface area contributed by atoms with Gasteiger partial charge in [0.2, 0.25) is 0 Å². The Hall–Kier alpha value is -2.87. The normalized spacial score (nSPS) is 15.0. The number of amides is 2. The van der Waals surface area contributed by atoms with Crippen LogP contribution in [0.2, 0.25) is 0 Å². The lowest BCUT2D eigenvalue weighted by atomic mass is 10.1. The van der Waals surface area contributed by atoms with Crippen molar-refractivity contribution in [1.29, 1.82) is 0 Å². The summed E-state index contributed by atoms with van der Waals surface area (Å²) in [4.78, 5) is 26.2. The van der Waals surface area contributed by atoms with Crippen molar-refractivity contribution in [2.24, 2.45) is 0 Å². The molecule has 0 saturated carbocycles. The van der Waals surface area contributed by atoms with Crippen LogP contribution in [0.15, 0.2) is 42.5 Å². The molecule has 1 heterocycles. The second kappa shape index (κ2) is 7.63. The van der Waals surface area contributed by atoms with Crippen molar-refractivity contribution in [2.45, 2.75) is 25.7 Å². The highest BCUT2D eigenvalue weighted by Gasteiger charge is 2.38. The van der Waals surface area contributed by atoms with Crippen LogP contribution >= 0.6 is 0 Å². The average molecular weight is 393 g/mol. The molecule has 0 bridgehead atoms. The van der Waals surface area contributed by atoms with Crippen molar-refractivity contribution >= 4 is 11.8 Å². The Morgan fingerprint density at radius 2 is 1.64 bits per heavy atom. The van der Waals surface area contributed by atoms with Gasteiger partial charge in [-0.05, 0) is 42.8 Å². The Morgan fingerprint density at radius 3 is 2.25 bits per heavy atom. The Balaban J connectivity index is 1.72. The minimum absolute atomic E-state index is 0.0306. The molecule has 148 valence electrons. The molecular weight excluding hydrogens is 375 g/mol. The van der Waals surface area contributed by atoms with E-state index < -0.39 is 23.7 Å². The molecule has 1 aliphatic heterocycles. The smallest absolute Gasteiger partial charge is 0.416 e. The topological polar surface area (TPSA) is 55.8 Å². The summed E-state index contributed by atoms with van der Waals surface area (Å²) in [5, 5.41) is 0. The molecule has 5 nitrogen and oxygen atoms in total. The molecule has 0 saturated heterocycles. The zero-order chi connectivity index (χ0) is 20.5. The van der Waals surface area contributed by atoms with Crippen LogP contribution in [-0.2, 0) is 17.5 Å². The van der Waals surface area contributed by atoms with Crippen molar-refractivity contribution in [2.75, 3.05) is 13.7 Å². The molecule has 2 aromatic rings. The SMILES string of the molecule is COCC(C)N1C(=O)c2ccc(OCc3ccc(C(F)(F)F)cc3)cc2C1=O. The molecular formula is C20H18F3NO4. The van der Waals surface area contributed by atoms with Gasteiger partial charge in [0.25, 0.3) is 11.8 Å². The van der Waals surface area contributed by atoms with E-state index in [1.54, 1.807) is 13.0 Å². The molecule has 8 heteroatoms. The number of carbonyl (C=O) groups excluding carboxylic acids is 2. The van der Waals surface area contributed by atoms with E-state index in [0.717, 1.165) is 17.0 Å². The second-order valence-corrected chi connectivity index (χ2v) is 6.48. The zero-order valence-electron chi connectivity index (χ0n) is 15.2. The first-order valence-electron chi connectivity index (χ1n) is 8.52. The van der Waals surface area contributed by atoms with Gasteiger partial charge in [0.15, 0.2) is 0 Å². The Bertz CT molecular complexity index is 893. The number of ether oxygens (including phenoxy) is 2. The van der Waals surface area contributed by atoms with E-state index in [9.17, 15) is 22.8 Å². The first-order chi connectivity index (χ1) is 13.2. The molecule has 0 N–H and O–H groups in total. The van der Waals surface area contributed by atoms with Crippen LogP contribution in [0.4, 0.5) is 13.2 Å². The lowest BCUT2D eigenvalue weighted by Crippen LogP contribution is -2.40. The van der Waals surface area contributed by atoms with Crippen LogP contribution in [0.25, 0.3) is 0 Å². The number of carbonyl (C=O) groups is 2. The number of nitrogens with zero attached hydrogens (tertiary/aromatic N) is 1. The van der Waals surface area contributed by atoms with Crippen LogP contribution in [0, 0.1) is 0 Å². The van der Waals surface area contributed by atoms with E-state index in [1.807, 2.05) is 0 Å². The number of halogens is 3. The number of rotatable bonds is 6. The quantitative estimate of drug-likeness (QED) is 0.699. The van der Waals surface area contributed by atoms with Gasteiger partial charge in [-0.2, -0.15) is 13.2 Å². The van der Waals surface area contributed by atoms with Crippen molar-refractivity contribution in [3.05, 3.63) is 64.7 Å². The number of hydrogen-bond acceptors (Lipinski definition) is 4. The number of fused-ring (bicyclic) bond motifs is 1. The third-order valence-corrected chi connectivity index (χ3v) is 4.42. The van der Waals surface area contributed by atoms with Crippen LogP contribution in [0.5, 0.6) is 5.75 Å². The highest BCUT2D eigenvalue weighted by atomic mass is 19.4. The molecule has 0 spiro atoms. The standard InChI is InChI=1S/C20H18F3NO4/c1-12(10-27-2)24-18(25)16-8-7-15(9-17(16)19(24)26)28-11-13-3-5-14(6-4-13)20(21,22)23/h3-9,12H,10-11H2,1-2H3. The van der Waals surface area contributed by atoms with Crippen LogP contribution < -0.4 is 4.74 Å². The molecule has 2 amide bonds. The minimum Gasteiger partial charge on any atom is -0.489 e. The van der Waals surface area contributed by atoms with Gasteiger partial charge in [0, 0.05) is 7.11 Å². The number of hydrogen-bond donors (Lipinski definition) is 0. The fourth-order valence-electron chi connectivity index (χ4n) is 3.00. The maximum Gasteiger partial charge on any atom is 0.416 e. The molecule has 1 unspecified atom stereocenters. The molecule has 1 atom stereocenters. The van der Waals surface area contributed by atoms with Gasteiger partial charge in [-0.1, -0.05) is 12.1 Å². The minimum atomic E-state index is -4.39. The van der Waals surface area contributed by atoms with E-state index in [0.29, 0.717) is 11.3 Å². The third-order valence-electron chi connectivity index (χ3n) is 4.42. The predicted octanol–water partition coefficient (Wildman–Crippen LogP) is 3.92. The fourth-order valence-corrected chi connectivity index (χ4v) is 3.00. The lowest BCUT2D eigenvalue weighted by Gasteiger charge is -2.21. The number of methoxy groups -OCH3 is 1. The number of imide groups is 1. The highest BCUT2D eigenvalue weighted by Crippen LogP contribution is 2.30. The molecule has 0 radical (unpaired) electrons. The van der Waals surface area contributed by atoms with Gasteiger partial charge in [0.1, 0.15) is 12.4 Å². The maximum absolute atomic E-state index is 12.6. The average Bonchev–Trinajstić information content (AvgIpc) is 2.90. The summed E-state index contributed by atoms with van der Waals surface area (Å²) in [5.74, 6) is -0.468. The Morgan fingerprint density at radius 1 is 1.00 bits per heavy atom. The van der Waals surface area contributed by atoms with E-state index >= 15 is 0 Å². The maximum atomic E-state index is 12.6. The van der Waals surface area contributed by atoms with E-state index in [1.165, 1.54) is 31.4 Å².